The van der Waals surface area contributed by atoms with E-state index in [1.807, 2.05) is 24.3 Å². The largest absolute Gasteiger partial charge is 0.494 e. The number of anilines is 1. The second-order valence-electron chi connectivity index (χ2n) is 9.25. The van der Waals surface area contributed by atoms with Crippen molar-refractivity contribution in [2.75, 3.05) is 37.7 Å². The van der Waals surface area contributed by atoms with Crippen molar-refractivity contribution >= 4 is 39.0 Å². The van der Waals surface area contributed by atoms with Crippen LogP contribution in [0, 0.1) is 0 Å². The highest BCUT2D eigenvalue weighted by atomic mass is 35.5. The van der Waals surface area contributed by atoms with Gasteiger partial charge in [-0.2, -0.15) is 0 Å². The summed E-state index contributed by atoms with van der Waals surface area (Å²) >= 11 is 0. The zero-order valence-electron chi connectivity index (χ0n) is 21.1. The molecule has 0 bridgehead atoms. The Morgan fingerprint density at radius 3 is 2.27 bits per heavy atom. The standard InChI is InChI=1S/C29H33N3O3S.ClH/c1-2-3-22-35-25-12-14-26(15-13-25)36(33,34)32-17-16-27-28(10-7-11-29(27)32)31-20-18-30(19-21-31)23-24-8-5-4-6-9-24;/h4-17H,2-3,18-23H2,1H3;1H. The molecule has 0 unspecified atom stereocenters. The molecule has 1 aromatic heterocycles. The van der Waals surface area contributed by atoms with Crippen LogP contribution in [0.1, 0.15) is 25.3 Å². The van der Waals surface area contributed by atoms with Gasteiger partial charge in [0.05, 0.1) is 17.0 Å². The Labute approximate surface area is 225 Å². The van der Waals surface area contributed by atoms with Gasteiger partial charge in [0.25, 0.3) is 10.0 Å². The maximum absolute atomic E-state index is 13.5. The average molecular weight is 540 g/mol. The van der Waals surface area contributed by atoms with E-state index in [4.69, 9.17) is 4.74 Å². The van der Waals surface area contributed by atoms with Crippen LogP contribution in [0.25, 0.3) is 10.9 Å². The Bertz CT molecular complexity index is 1400. The fraction of sp³-hybridized carbons (Fsp3) is 0.310. The van der Waals surface area contributed by atoms with Gasteiger partial charge in [0.15, 0.2) is 0 Å². The third kappa shape index (κ3) is 5.95. The molecule has 1 fully saturated rings. The van der Waals surface area contributed by atoms with Crippen LogP contribution in [0.4, 0.5) is 5.69 Å². The predicted molar refractivity (Wildman–Crippen MR) is 153 cm³/mol. The minimum atomic E-state index is -3.72. The van der Waals surface area contributed by atoms with Gasteiger partial charge >= 0.3 is 0 Å². The van der Waals surface area contributed by atoms with Crippen molar-refractivity contribution in [2.45, 2.75) is 31.2 Å². The van der Waals surface area contributed by atoms with Gasteiger partial charge in [0.2, 0.25) is 0 Å². The topological polar surface area (TPSA) is 54.8 Å². The molecule has 0 atom stereocenters. The number of ether oxygens (including phenoxy) is 1. The SMILES string of the molecule is CCCCOc1ccc(S(=O)(=O)n2ccc3c(N4CCN(Cc5ccccc5)CC4)cccc32)cc1.Cl. The molecule has 0 N–H and O–H groups in total. The molecule has 4 aromatic rings. The molecule has 0 aliphatic carbocycles. The van der Waals surface area contributed by atoms with Crippen LogP contribution in [-0.4, -0.2) is 50.1 Å². The van der Waals surface area contributed by atoms with E-state index in [9.17, 15) is 8.42 Å². The van der Waals surface area contributed by atoms with Crippen LogP contribution in [0.3, 0.4) is 0 Å². The Balaban J connectivity index is 0.00000320. The molecule has 2 heterocycles. The predicted octanol–water partition coefficient (Wildman–Crippen LogP) is 5.80. The highest BCUT2D eigenvalue weighted by Gasteiger charge is 2.23. The first-order valence-corrected chi connectivity index (χ1v) is 14.1. The lowest BCUT2D eigenvalue weighted by atomic mass is 10.1. The number of halogens is 1. The molecule has 0 radical (unpaired) electrons. The van der Waals surface area contributed by atoms with E-state index >= 15 is 0 Å². The van der Waals surface area contributed by atoms with Gasteiger partial charge < -0.3 is 9.64 Å². The molecule has 1 aliphatic heterocycles. The fourth-order valence-corrected chi connectivity index (χ4v) is 6.10. The molecule has 0 spiro atoms. The van der Waals surface area contributed by atoms with E-state index in [2.05, 4.69) is 47.1 Å². The minimum Gasteiger partial charge on any atom is -0.494 e. The molecule has 1 saturated heterocycles. The van der Waals surface area contributed by atoms with Gasteiger partial charge in [0.1, 0.15) is 5.75 Å². The molecule has 37 heavy (non-hydrogen) atoms. The van der Waals surface area contributed by atoms with Gasteiger partial charge in [-0.3, -0.25) is 4.90 Å². The highest BCUT2D eigenvalue weighted by Crippen LogP contribution is 2.31. The summed E-state index contributed by atoms with van der Waals surface area (Å²) in [6, 6.07) is 25.1. The summed E-state index contributed by atoms with van der Waals surface area (Å²) in [6.07, 6.45) is 3.69. The van der Waals surface area contributed by atoms with Crippen LogP contribution >= 0.6 is 12.4 Å². The van der Waals surface area contributed by atoms with Crippen LogP contribution in [0.2, 0.25) is 0 Å². The highest BCUT2D eigenvalue weighted by molar-refractivity contribution is 7.90. The summed E-state index contributed by atoms with van der Waals surface area (Å²) in [5.74, 6) is 0.688. The fourth-order valence-electron chi connectivity index (χ4n) is 4.76. The molecule has 0 saturated carbocycles. The Morgan fingerprint density at radius 1 is 0.838 bits per heavy atom. The third-order valence-electron chi connectivity index (χ3n) is 6.78. The van der Waals surface area contributed by atoms with Crippen molar-refractivity contribution in [3.63, 3.8) is 0 Å². The minimum absolute atomic E-state index is 0. The maximum atomic E-state index is 13.5. The smallest absolute Gasteiger partial charge is 0.268 e. The molecule has 5 rings (SSSR count). The van der Waals surface area contributed by atoms with E-state index in [-0.39, 0.29) is 17.3 Å². The first-order chi connectivity index (χ1) is 17.6. The quantitative estimate of drug-likeness (QED) is 0.252. The number of nitrogens with zero attached hydrogens (tertiary/aromatic N) is 3. The summed E-state index contributed by atoms with van der Waals surface area (Å²) < 4.78 is 34.1. The summed E-state index contributed by atoms with van der Waals surface area (Å²) in [5.41, 5.74) is 3.11. The monoisotopic (exact) mass is 539 g/mol. The second-order valence-corrected chi connectivity index (χ2v) is 11.1. The molecular weight excluding hydrogens is 506 g/mol. The second kappa shape index (κ2) is 12.0. The summed E-state index contributed by atoms with van der Waals surface area (Å²) in [5, 5.41) is 0.956. The molecule has 3 aromatic carbocycles. The summed E-state index contributed by atoms with van der Waals surface area (Å²) in [7, 11) is -3.72. The maximum Gasteiger partial charge on any atom is 0.268 e. The number of hydrogen-bond donors (Lipinski definition) is 0. The normalized spacial score (nSPS) is 14.5. The Morgan fingerprint density at radius 2 is 1.57 bits per heavy atom. The van der Waals surface area contributed by atoms with Crippen LogP contribution in [0.5, 0.6) is 5.75 Å². The summed E-state index contributed by atoms with van der Waals surface area (Å²) in [4.78, 5) is 5.09. The lowest BCUT2D eigenvalue weighted by Crippen LogP contribution is -2.46. The van der Waals surface area contributed by atoms with Gasteiger partial charge in [-0.15, -0.1) is 12.4 Å². The van der Waals surface area contributed by atoms with E-state index < -0.39 is 10.0 Å². The average Bonchev–Trinajstić information content (AvgIpc) is 3.36. The lowest BCUT2D eigenvalue weighted by molar-refractivity contribution is 0.250. The lowest BCUT2D eigenvalue weighted by Gasteiger charge is -2.36. The molecule has 196 valence electrons. The molecule has 8 heteroatoms. The molecular formula is C29H34ClN3O3S. The van der Waals surface area contributed by atoms with E-state index in [0.717, 1.165) is 56.6 Å². The van der Waals surface area contributed by atoms with Crippen LogP contribution < -0.4 is 9.64 Å². The van der Waals surface area contributed by atoms with Crippen LogP contribution in [-0.2, 0) is 16.6 Å². The zero-order chi connectivity index (χ0) is 25.0. The molecule has 1 aliphatic rings. The van der Waals surface area contributed by atoms with Crippen molar-refractivity contribution in [3.8, 4) is 5.75 Å². The number of fused-ring (bicyclic) bond motifs is 1. The molecule has 6 nitrogen and oxygen atoms in total. The Kier molecular flexibility index (Phi) is 8.79. The number of unbranched alkanes of at least 4 members (excludes halogenated alkanes) is 1. The van der Waals surface area contributed by atoms with Crippen molar-refractivity contribution in [3.05, 3.63) is 90.6 Å². The van der Waals surface area contributed by atoms with Gasteiger partial charge in [-0.1, -0.05) is 49.7 Å². The first-order valence-electron chi connectivity index (χ1n) is 12.7. The zero-order valence-corrected chi connectivity index (χ0v) is 22.8. The third-order valence-corrected chi connectivity index (χ3v) is 8.49. The number of benzene rings is 3. The van der Waals surface area contributed by atoms with Crippen molar-refractivity contribution in [2.24, 2.45) is 0 Å². The first kappa shape index (κ1) is 27.0. The number of aromatic nitrogens is 1. The number of piperazine rings is 1. The van der Waals surface area contributed by atoms with Gasteiger partial charge in [-0.25, -0.2) is 12.4 Å². The van der Waals surface area contributed by atoms with Crippen molar-refractivity contribution in [1.29, 1.82) is 0 Å². The van der Waals surface area contributed by atoms with Gasteiger partial charge in [-0.05, 0) is 54.4 Å². The van der Waals surface area contributed by atoms with E-state index in [0.29, 0.717) is 17.9 Å². The molecule has 0 amide bonds. The van der Waals surface area contributed by atoms with Gasteiger partial charge in [0, 0.05) is 50.0 Å². The van der Waals surface area contributed by atoms with Crippen molar-refractivity contribution < 1.29 is 13.2 Å². The number of rotatable bonds is 9. The van der Waals surface area contributed by atoms with E-state index in [1.54, 1.807) is 30.5 Å². The Hall–Kier alpha value is -3.00. The van der Waals surface area contributed by atoms with Crippen molar-refractivity contribution in [1.82, 2.24) is 8.87 Å². The summed E-state index contributed by atoms with van der Waals surface area (Å²) in [6.45, 7) is 7.45. The van der Waals surface area contributed by atoms with E-state index in [1.165, 1.54) is 9.54 Å². The number of hydrogen-bond acceptors (Lipinski definition) is 5. The van der Waals surface area contributed by atoms with Crippen LogP contribution in [0.15, 0.2) is 90.0 Å².